The summed E-state index contributed by atoms with van der Waals surface area (Å²) in [5.74, 6) is -0.223. The Morgan fingerprint density at radius 2 is 2.25 bits per heavy atom. The SMILES string of the molecule is COC(CNC(=O)c1cccnc1Br)OC. The highest BCUT2D eigenvalue weighted by molar-refractivity contribution is 9.10. The molecule has 0 saturated carbocycles. The zero-order valence-corrected chi connectivity index (χ0v) is 10.7. The lowest BCUT2D eigenvalue weighted by Crippen LogP contribution is -2.34. The molecule has 6 heteroatoms. The van der Waals surface area contributed by atoms with Crippen LogP contribution in [0.5, 0.6) is 0 Å². The molecular formula is C10H13BrN2O3. The molecule has 1 aromatic rings. The first-order valence-electron chi connectivity index (χ1n) is 4.63. The Bertz CT molecular complexity index is 356. The van der Waals surface area contributed by atoms with Crippen molar-refractivity contribution in [2.75, 3.05) is 20.8 Å². The normalized spacial score (nSPS) is 10.5. The van der Waals surface area contributed by atoms with Gasteiger partial charge in [0.2, 0.25) is 0 Å². The fourth-order valence-corrected chi connectivity index (χ4v) is 1.52. The van der Waals surface area contributed by atoms with Gasteiger partial charge >= 0.3 is 0 Å². The first-order chi connectivity index (χ1) is 7.69. The van der Waals surface area contributed by atoms with Crippen LogP contribution in [0.4, 0.5) is 0 Å². The number of nitrogens with one attached hydrogen (secondary N) is 1. The molecule has 88 valence electrons. The van der Waals surface area contributed by atoms with Crippen LogP contribution in [-0.4, -0.2) is 37.9 Å². The first kappa shape index (κ1) is 13.1. The number of methoxy groups -OCH3 is 2. The van der Waals surface area contributed by atoms with Crippen molar-refractivity contribution < 1.29 is 14.3 Å². The summed E-state index contributed by atoms with van der Waals surface area (Å²) in [6, 6.07) is 3.38. The number of amides is 1. The van der Waals surface area contributed by atoms with Gasteiger partial charge in [0.15, 0.2) is 6.29 Å². The Balaban J connectivity index is 2.56. The molecule has 0 fully saturated rings. The summed E-state index contributed by atoms with van der Waals surface area (Å²) in [4.78, 5) is 15.7. The Morgan fingerprint density at radius 1 is 1.56 bits per heavy atom. The van der Waals surface area contributed by atoms with Crippen molar-refractivity contribution in [3.8, 4) is 0 Å². The van der Waals surface area contributed by atoms with E-state index in [9.17, 15) is 4.79 Å². The van der Waals surface area contributed by atoms with Gasteiger partial charge < -0.3 is 14.8 Å². The average molecular weight is 289 g/mol. The molecule has 0 bridgehead atoms. The van der Waals surface area contributed by atoms with Crippen LogP contribution in [0, 0.1) is 0 Å². The number of carbonyl (C=O) groups excluding carboxylic acids is 1. The van der Waals surface area contributed by atoms with Gasteiger partial charge in [-0.25, -0.2) is 4.98 Å². The molecular weight excluding hydrogens is 276 g/mol. The van der Waals surface area contributed by atoms with Crippen molar-refractivity contribution in [2.45, 2.75) is 6.29 Å². The van der Waals surface area contributed by atoms with E-state index in [1.165, 1.54) is 14.2 Å². The molecule has 1 rings (SSSR count). The number of hydrogen-bond donors (Lipinski definition) is 1. The maximum atomic E-state index is 11.7. The molecule has 1 amide bonds. The predicted octanol–water partition coefficient (Wildman–Crippen LogP) is 1.19. The van der Waals surface area contributed by atoms with Gasteiger partial charge in [-0.1, -0.05) is 0 Å². The molecule has 0 unspecified atom stereocenters. The van der Waals surface area contributed by atoms with Crippen molar-refractivity contribution >= 4 is 21.8 Å². The maximum absolute atomic E-state index is 11.7. The van der Waals surface area contributed by atoms with E-state index in [2.05, 4.69) is 26.2 Å². The van der Waals surface area contributed by atoms with E-state index in [1.54, 1.807) is 18.3 Å². The second kappa shape index (κ2) is 6.57. The Kier molecular flexibility index (Phi) is 5.37. The van der Waals surface area contributed by atoms with E-state index < -0.39 is 6.29 Å². The monoisotopic (exact) mass is 288 g/mol. The van der Waals surface area contributed by atoms with Crippen LogP contribution in [0.15, 0.2) is 22.9 Å². The highest BCUT2D eigenvalue weighted by atomic mass is 79.9. The van der Waals surface area contributed by atoms with Crippen LogP contribution >= 0.6 is 15.9 Å². The third kappa shape index (κ3) is 3.55. The van der Waals surface area contributed by atoms with Crippen LogP contribution in [0.1, 0.15) is 10.4 Å². The van der Waals surface area contributed by atoms with Crippen molar-refractivity contribution in [1.29, 1.82) is 0 Å². The van der Waals surface area contributed by atoms with Gasteiger partial charge in [0, 0.05) is 20.4 Å². The van der Waals surface area contributed by atoms with Gasteiger partial charge in [-0.3, -0.25) is 4.79 Å². The molecule has 0 spiro atoms. The van der Waals surface area contributed by atoms with E-state index >= 15 is 0 Å². The first-order valence-corrected chi connectivity index (χ1v) is 5.42. The largest absolute Gasteiger partial charge is 0.354 e. The van der Waals surface area contributed by atoms with Crippen molar-refractivity contribution in [3.05, 3.63) is 28.5 Å². The molecule has 0 radical (unpaired) electrons. The topological polar surface area (TPSA) is 60.5 Å². The summed E-state index contributed by atoms with van der Waals surface area (Å²) in [5, 5.41) is 2.68. The Morgan fingerprint density at radius 3 is 2.81 bits per heavy atom. The smallest absolute Gasteiger partial charge is 0.254 e. The summed E-state index contributed by atoms with van der Waals surface area (Å²) >= 11 is 3.20. The van der Waals surface area contributed by atoms with Gasteiger partial charge in [0.1, 0.15) is 4.60 Å². The number of hydrogen-bond acceptors (Lipinski definition) is 4. The molecule has 0 saturated heterocycles. The molecule has 0 aliphatic rings. The Hall–Kier alpha value is -0.980. The molecule has 1 aromatic heterocycles. The minimum absolute atomic E-state index is 0.223. The lowest BCUT2D eigenvalue weighted by atomic mass is 10.3. The lowest BCUT2D eigenvalue weighted by molar-refractivity contribution is -0.0974. The van der Waals surface area contributed by atoms with E-state index in [0.29, 0.717) is 10.2 Å². The van der Waals surface area contributed by atoms with Crippen LogP contribution < -0.4 is 5.32 Å². The van der Waals surface area contributed by atoms with Gasteiger partial charge in [-0.05, 0) is 28.1 Å². The number of carbonyl (C=O) groups is 1. The highest BCUT2D eigenvalue weighted by Gasteiger charge is 2.12. The van der Waals surface area contributed by atoms with E-state index in [-0.39, 0.29) is 12.5 Å². The number of nitrogens with zero attached hydrogens (tertiary/aromatic N) is 1. The minimum Gasteiger partial charge on any atom is -0.354 e. The second-order valence-corrected chi connectivity index (χ2v) is 3.70. The molecule has 0 atom stereocenters. The molecule has 0 aliphatic carbocycles. The van der Waals surface area contributed by atoms with Crippen molar-refractivity contribution in [1.82, 2.24) is 10.3 Å². The van der Waals surface area contributed by atoms with Crippen LogP contribution in [0.3, 0.4) is 0 Å². The predicted molar refractivity (Wildman–Crippen MR) is 62.1 cm³/mol. The molecule has 1 N–H and O–H groups in total. The van der Waals surface area contributed by atoms with Gasteiger partial charge in [0.25, 0.3) is 5.91 Å². The lowest BCUT2D eigenvalue weighted by Gasteiger charge is -2.14. The van der Waals surface area contributed by atoms with E-state index in [0.717, 1.165) is 0 Å². The standard InChI is InChI=1S/C10H13BrN2O3/c1-15-8(16-2)6-13-10(14)7-4-3-5-12-9(7)11/h3-5,8H,6H2,1-2H3,(H,13,14). The van der Waals surface area contributed by atoms with Crippen LogP contribution in [0.2, 0.25) is 0 Å². The molecule has 5 nitrogen and oxygen atoms in total. The zero-order valence-electron chi connectivity index (χ0n) is 9.07. The minimum atomic E-state index is -0.445. The van der Waals surface area contributed by atoms with Gasteiger partial charge in [-0.15, -0.1) is 0 Å². The average Bonchev–Trinajstić information content (AvgIpc) is 2.30. The molecule has 1 heterocycles. The summed E-state index contributed by atoms with van der Waals surface area (Å²) < 4.78 is 10.4. The Labute approximate surface area is 102 Å². The highest BCUT2D eigenvalue weighted by Crippen LogP contribution is 2.11. The van der Waals surface area contributed by atoms with E-state index in [1.807, 2.05) is 0 Å². The fraction of sp³-hybridized carbons (Fsp3) is 0.400. The summed E-state index contributed by atoms with van der Waals surface area (Å²) in [5.41, 5.74) is 0.480. The van der Waals surface area contributed by atoms with Crippen LogP contribution in [0.25, 0.3) is 0 Å². The maximum Gasteiger partial charge on any atom is 0.254 e. The number of aromatic nitrogens is 1. The van der Waals surface area contributed by atoms with Gasteiger partial charge in [0.05, 0.1) is 12.1 Å². The van der Waals surface area contributed by atoms with Crippen molar-refractivity contribution in [2.24, 2.45) is 0 Å². The number of pyridine rings is 1. The summed E-state index contributed by atoms with van der Waals surface area (Å²) in [7, 11) is 3.03. The quantitative estimate of drug-likeness (QED) is 0.653. The number of halogens is 1. The molecule has 16 heavy (non-hydrogen) atoms. The summed E-state index contributed by atoms with van der Waals surface area (Å²) in [6.07, 6.45) is 1.16. The second-order valence-electron chi connectivity index (χ2n) is 2.95. The molecule has 0 aromatic carbocycles. The van der Waals surface area contributed by atoms with E-state index in [4.69, 9.17) is 9.47 Å². The number of rotatable bonds is 5. The van der Waals surface area contributed by atoms with Gasteiger partial charge in [-0.2, -0.15) is 0 Å². The zero-order chi connectivity index (χ0) is 12.0. The third-order valence-corrected chi connectivity index (χ3v) is 2.59. The van der Waals surface area contributed by atoms with Crippen molar-refractivity contribution in [3.63, 3.8) is 0 Å². The summed E-state index contributed by atoms with van der Waals surface area (Å²) in [6.45, 7) is 0.285. The molecule has 0 aliphatic heterocycles. The third-order valence-electron chi connectivity index (χ3n) is 1.96. The van der Waals surface area contributed by atoms with Crippen LogP contribution in [-0.2, 0) is 9.47 Å². The fourth-order valence-electron chi connectivity index (χ4n) is 1.09. The number of ether oxygens (including phenoxy) is 2.